The van der Waals surface area contributed by atoms with E-state index in [1.54, 1.807) is 35.6 Å². The lowest BCUT2D eigenvalue weighted by Gasteiger charge is -2.16. The first-order valence-electron chi connectivity index (χ1n) is 9.63. The van der Waals surface area contributed by atoms with Gasteiger partial charge in [-0.2, -0.15) is 0 Å². The van der Waals surface area contributed by atoms with Gasteiger partial charge in [0.05, 0.1) is 23.0 Å². The van der Waals surface area contributed by atoms with Crippen LogP contribution in [-0.4, -0.2) is 37.3 Å². The average Bonchev–Trinajstić information content (AvgIpc) is 3.31. The molecule has 0 bridgehead atoms. The summed E-state index contributed by atoms with van der Waals surface area (Å²) in [6, 6.07) is 12.4. The highest BCUT2D eigenvalue weighted by Gasteiger charge is 2.20. The van der Waals surface area contributed by atoms with Crippen LogP contribution in [0.3, 0.4) is 0 Å². The summed E-state index contributed by atoms with van der Waals surface area (Å²) in [6.07, 6.45) is 0. The number of aryl methyl sites for hydroxylation is 1. The molecule has 0 radical (unpaired) electrons. The van der Waals surface area contributed by atoms with Crippen molar-refractivity contribution in [3.8, 4) is 0 Å². The Morgan fingerprint density at radius 3 is 2.40 bits per heavy atom. The molecule has 0 saturated carbocycles. The number of benzene rings is 1. The van der Waals surface area contributed by atoms with E-state index in [1.165, 1.54) is 23.3 Å². The summed E-state index contributed by atoms with van der Waals surface area (Å²) in [5.74, 6) is -0.141. The smallest absolute Gasteiger partial charge is 0.253 e. The zero-order valence-electron chi connectivity index (χ0n) is 17.8. The van der Waals surface area contributed by atoms with Gasteiger partial charge in [-0.3, -0.25) is 4.79 Å². The molecule has 2 heterocycles. The number of hydrogen-bond donors (Lipinski definition) is 1. The fraction of sp³-hybridized carbons (Fsp3) is 0.318. The Labute approximate surface area is 182 Å². The maximum absolute atomic E-state index is 12.9. The Hall–Kier alpha value is -2.42. The number of carbonyl (C=O) groups excluding carboxylic acids is 1. The minimum Gasteiger partial charge on any atom is -0.345 e. The van der Waals surface area contributed by atoms with Crippen molar-refractivity contribution in [2.75, 3.05) is 14.1 Å². The minimum atomic E-state index is -3.47. The third-order valence-corrected chi connectivity index (χ3v) is 7.91. The lowest BCUT2D eigenvalue weighted by Crippen LogP contribution is -2.27. The maximum atomic E-state index is 12.9. The van der Waals surface area contributed by atoms with Crippen LogP contribution < -0.4 is 5.32 Å². The van der Waals surface area contributed by atoms with E-state index in [-0.39, 0.29) is 16.8 Å². The van der Waals surface area contributed by atoms with E-state index >= 15 is 0 Å². The number of thiophene rings is 1. The van der Waals surface area contributed by atoms with Gasteiger partial charge in [0.15, 0.2) is 0 Å². The largest absolute Gasteiger partial charge is 0.345 e. The third kappa shape index (κ3) is 4.50. The molecule has 0 fully saturated rings. The van der Waals surface area contributed by atoms with Crippen molar-refractivity contribution in [3.63, 3.8) is 0 Å². The molecule has 3 aromatic rings. The highest BCUT2D eigenvalue weighted by atomic mass is 32.2. The van der Waals surface area contributed by atoms with Gasteiger partial charge in [0.1, 0.15) is 0 Å². The fourth-order valence-electron chi connectivity index (χ4n) is 3.33. The molecule has 1 N–H and O–H groups in total. The van der Waals surface area contributed by atoms with Gasteiger partial charge in [-0.15, -0.1) is 11.3 Å². The van der Waals surface area contributed by atoms with Crippen LogP contribution in [0.1, 0.15) is 45.2 Å². The predicted molar refractivity (Wildman–Crippen MR) is 121 cm³/mol. The van der Waals surface area contributed by atoms with Crippen molar-refractivity contribution in [2.45, 2.75) is 38.3 Å². The molecule has 1 atom stereocenters. The molecular weight excluding hydrogens is 418 g/mol. The molecule has 3 rings (SSSR count). The van der Waals surface area contributed by atoms with Gasteiger partial charge in [0, 0.05) is 30.4 Å². The number of hydrogen-bond acceptors (Lipinski definition) is 4. The van der Waals surface area contributed by atoms with Crippen LogP contribution in [0.4, 0.5) is 0 Å². The van der Waals surface area contributed by atoms with Crippen molar-refractivity contribution in [1.82, 2.24) is 14.2 Å². The zero-order valence-corrected chi connectivity index (χ0v) is 19.5. The first-order chi connectivity index (χ1) is 14.1. The molecular formula is C22H27N3O3S2. The van der Waals surface area contributed by atoms with Crippen LogP contribution >= 0.6 is 11.3 Å². The topological polar surface area (TPSA) is 71.4 Å². The molecule has 0 aliphatic rings. The molecule has 2 aromatic heterocycles. The molecule has 1 aromatic carbocycles. The number of nitrogens with zero attached hydrogens (tertiary/aromatic N) is 2. The Morgan fingerprint density at radius 1 is 1.17 bits per heavy atom. The second-order valence-corrected chi connectivity index (χ2v) is 10.7. The lowest BCUT2D eigenvalue weighted by molar-refractivity contribution is 0.0939. The van der Waals surface area contributed by atoms with E-state index in [0.717, 1.165) is 23.5 Å². The van der Waals surface area contributed by atoms with Crippen LogP contribution in [0.25, 0.3) is 0 Å². The molecule has 0 saturated heterocycles. The molecule has 6 nitrogen and oxygen atoms in total. The number of carbonyl (C=O) groups is 1. The van der Waals surface area contributed by atoms with Crippen LogP contribution in [0.5, 0.6) is 0 Å². The molecule has 1 amide bonds. The summed E-state index contributed by atoms with van der Waals surface area (Å²) < 4.78 is 27.8. The predicted octanol–water partition coefficient (Wildman–Crippen LogP) is 3.96. The summed E-state index contributed by atoms with van der Waals surface area (Å²) in [7, 11) is -0.469. The fourth-order valence-corrected chi connectivity index (χ4v) is 4.92. The highest BCUT2D eigenvalue weighted by molar-refractivity contribution is 7.89. The molecule has 8 heteroatoms. The molecule has 0 aliphatic heterocycles. The highest BCUT2D eigenvalue weighted by Crippen LogP contribution is 2.22. The van der Waals surface area contributed by atoms with Gasteiger partial charge in [0.25, 0.3) is 5.91 Å². The van der Waals surface area contributed by atoms with Crippen LogP contribution in [0, 0.1) is 13.8 Å². The van der Waals surface area contributed by atoms with E-state index in [0.29, 0.717) is 5.56 Å². The van der Waals surface area contributed by atoms with E-state index in [9.17, 15) is 13.2 Å². The van der Waals surface area contributed by atoms with E-state index in [2.05, 4.69) is 16.0 Å². The van der Waals surface area contributed by atoms with Crippen LogP contribution in [-0.2, 0) is 16.6 Å². The Balaban J connectivity index is 1.75. The van der Waals surface area contributed by atoms with E-state index < -0.39 is 10.0 Å². The van der Waals surface area contributed by atoms with Crippen LogP contribution in [0.15, 0.2) is 52.7 Å². The summed E-state index contributed by atoms with van der Waals surface area (Å²) in [4.78, 5) is 14.4. The quantitative estimate of drug-likeness (QED) is 0.598. The summed E-state index contributed by atoms with van der Waals surface area (Å²) in [6.45, 7) is 6.60. The van der Waals surface area contributed by atoms with Crippen molar-refractivity contribution in [1.29, 1.82) is 0 Å². The monoisotopic (exact) mass is 445 g/mol. The zero-order chi connectivity index (χ0) is 22.1. The van der Waals surface area contributed by atoms with Crippen molar-refractivity contribution in [2.24, 2.45) is 0 Å². The van der Waals surface area contributed by atoms with E-state index in [1.807, 2.05) is 38.3 Å². The third-order valence-electron chi connectivity index (χ3n) is 5.22. The molecule has 0 aliphatic carbocycles. The normalized spacial score (nSPS) is 12.9. The van der Waals surface area contributed by atoms with Gasteiger partial charge >= 0.3 is 0 Å². The first kappa shape index (κ1) is 22.3. The standard InChI is InChI=1S/C22H27N3O3S2/c1-15-13-21(17(3)25(15)14-19-7-6-12-29-19)22(26)23-16(2)18-8-10-20(11-9-18)30(27,28)24(4)5/h6-13,16H,14H2,1-5H3,(H,23,26). The second-order valence-electron chi connectivity index (χ2n) is 7.50. The number of rotatable bonds is 7. The summed E-state index contributed by atoms with van der Waals surface area (Å²) in [5, 5.41) is 5.07. The summed E-state index contributed by atoms with van der Waals surface area (Å²) >= 11 is 1.70. The lowest BCUT2D eigenvalue weighted by atomic mass is 10.1. The second kappa shape index (κ2) is 8.75. The van der Waals surface area contributed by atoms with Crippen molar-refractivity contribution in [3.05, 3.63) is 75.2 Å². The van der Waals surface area contributed by atoms with Crippen molar-refractivity contribution >= 4 is 27.3 Å². The van der Waals surface area contributed by atoms with Gasteiger partial charge in [0.2, 0.25) is 10.0 Å². The number of nitrogens with one attached hydrogen (secondary N) is 1. The molecule has 1 unspecified atom stereocenters. The number of sulfonamides is 1. The molecule has 30 heavy (non-hydrogen) atoms. The molecule has 0 spiro atoms. The van der Waals surface area contributed by atoms with Gasteiger partial charge in [-0.25, -0.2) is 12.7 Å². The minimum absolute atomic E-state index is 0.141. The van der Waals surface area contributed by atoms with Crippen molar-refractivity contribution < 1.29 is 13.2 Å². The Bertz CT molecular complexity index is 1130. The Morgan fingerprint density at radius 2 is 1.83 bits per heavy atom. The SMILES string of the molecule is Cc1cc(C(=O)NC(C)c2ccc(S(=O)(=O)N(C)C)cc2)c(C)n1Cc1cccs1. The van der Waals surface area contributed by atoms with Gasteiger partial charge in [-0.05, 0) is 56.0 Å². The maximum Gasteiger partial charge on any atom is 0.253 e. The van der Waals surface area contributed by atoms with Gasteiger partial charge < -0.3 is 9.88 Å². The van der Waals surface area contributed by atoms with Crippen LogP contribution in [0.2, 0.25) is 0 Å². The Kier molecular flexibility index (Phi) is 6.50. The van der Waals surface area contributed by atoms with Gasteiger partial charge in [-0.1, -0.05) is 18.2 Å². The van der Waals surface area contributed by atoms with E-state index in [4.69, 9.17) is 0 Å². The molecule has 160 valence electrons. The number of amides is 1. The number of aromatic nitrogens is 1. The average molecular weight is 446 g/mol. The summed E-state index contributed by atoms with van der Waals surface area (Å²) in [5.41, 5.74) is 3.46. The first-order valence-corrected chi connectivity index (χ1v) is 12.0.